The van der Waals surface area contributed by atoms with Crippen molar-refractivity contribution in [1.29, 1.82) is 0 Å². The Morgan fingerprint density at radius 1 is 1.10 bits per heavy atom. The zero-order valence-electron chi connectivity index (χ0n) is 13.5. The molecule has 1 N–H and O–H groups in total. The molecular weight excluding hydrogens is 268 g/mol. The molecule has 0 radical (unpaired) electrons. The van der Waals surface area contributed by atoms with Crippen LogP contribution in [0.3, 0.4) is 0 Å². The average Bonchev–Trinajstić information content (AvgIpc) is 2.49. The maximum atomic E-state index is 11.5. The fourth-order valence-corrected chi connectivity index (χ4v) is 3.42. The van der Waals surface area contributed by atoms with Crippen molar-refractivity contribution in [1.82, 2.24) is 9.80 Å². The van der Waals surface area contributed by atoms with Crippen molar-refractivity contribution in [2.45, 2.75) is 38.7 Å². The van der Waals surface area contributed by atoms with Gasteiger partial charge in [0.15, 0.2) is 0 Å². The monoisotopic (exact) mass is 298 g/mol. The average molecular weight is 298 g/mol. The Hall–Kier alpha value is -0.650. The Balaban J connectivity index is 1.65. The van der Waals surface area contributed by atoms with Crippen LogP contribution < -0.4 is 0 Å². The van der Waals surface area contributed by atoms with Gasteiger partial charge in [0, 0.05) is 13.1 Å². The van der Waals surface area contributed by atoms with Crippen molar-refractivity contribution in [2.75, 3.05) is 46.4 Å². The number of nitrogens with zero attached hydrogens (tertiary/aromatic N) is 2. The van der Waals surface area contributed by atoms with Crippen LogP contribution in [-0.4, -0.2) is 73.4 Å². The topological polar surface area (TPSA) is 53.0 Å². The quantitative estimate of drug-likeness (QED) is 0.766. The molecule has 0 aliphatic carbocycles. The van der Waals surface area contributed by atoms with E-state index in [0.717, 1.165) is 58.0 Å². The van der Waals surface area contributed by atoms with E-state index >= 15 is 0 Å². The number of aliphatic hydroxyl groups excluding tert-OH is 1. The number of hydrogen-bond donors (Lipinski definition) is 1. The van der Waals surface area contributed by atoms with Gasteiger partial charge in [0.05, 0.1) is 19.1 Å². The molecule has 0 bridgehead atoms. The second-order valence-electron chi connectivity index (χ2n) is 6.73. The molecule has 2 saturated heterocycles. The van der Waals surface area contributed by atoms with Gasteiger partial charge < -0.3 is 19.6 Å². The molecule has 0 amide bonds. The SMILES string of the molecule is COC(=O)C1CCN(CC(O)CN2CCC(C)CC2)CC1. The summed E-state index contributed by atoms with van der Waals surface area (Å²) in [5.41, 5.74) is 0. The van der Waals surface area contributed by atoms with Gasteiger partial charge in [-0.25, -0.2) is 0 Å². The summed E-state index contributed by atoms with van der Waals surface area (Å²) < 4.78 is 4.80. The van der Waals surface area contributed by atoms with Gasteiger partial charge >= 0.3 is 5.97 Å². The molecule has 2 aliphatic heterocycles. The van der Waals surface area contributed by atoms with Crippen LogP contribution in [0.1, 0.15) is 32.6 Å². The van der Waals surface area contributed by atoms with Crippen LogP contribution in [0.5, 0.6) is 0 Å². The molecule has 2 rings (SSSR count). The second-order valence-corrected chi connectivity index (χ2v) is 6.73. The van der Waals surface area contributed by atoms with Crippen molar-refractivity contribution < 1.29 is 14.6 Å². The first kappa shape index (κ1) is 16.7. The molecule has 5 nitrogen and oxygen atoms in total. The molecule has 5 heteroatoms. The Morgan fingerprint density at radius 2 is 1.57 bits per heavy atom. The Morgan fingerprint density at radius 3 is 2.05 bits per heavy atom. The number of carbonyl (C=O) groups excluding carboxylic acids is 1. The van der Waals surface area contributed by atoms with E-state index in [9.17, 15) is 9.90 Å². The summed E-state index contributed by atoms with van der Waals surface area (Å²) in [6.45, 7) is 7.80. The molecule has 21 heavy (non-hydrogen) atoms. The van der Waals surface area contributed by atoms with Gasteiger partial charge in [-0.1, -0.05) is 6.92 Å². The highest BCUT2D eigenvalue weighted by atomic mass is 16.5. The van der Waals surface area contributed by atoms with Gasteiger partial charge in [0.2, 0.25) is 0 Å². The molecule has 1 atom stereocenters. The number of aliphatic hydroxyl groups is 1. The third-order valence-electron chi connectivity index (χ3n) is 4.94. The highest BCUT2D eigenvalue weighted by molar-refractivity contribution is 5.72. The summed E-state index contributed by atoms with van der Waals surface area (Å²) in [5, 5.41) is 10.3. The van der Waals surface area contributed by atoms with E-state index in [4.69, 9.17) is 4.74 Å². The van der Waals surface area contributed by atoms with Crippen LogP contribution in [0.2, 0.25) is 0 Å². The van der Waals surface area contributed by atoms with Crippen molar-refractivity contribution in [3.05, 3.63) is 0 Å². The fourth-order valence-electron chi connectivity index (χ4n) is 3.42. The van der Waals surface area contributed by atoms with Crippen LogP contribution in [0.15, 0.2) is 0 Å². The standard InChI is InChI=1S/C16H30N2O3/c1-13-3-7-17(8-4-13)11-15(19)12-18-9-5-14(6-10-18)16(20)21-2/h13-15,19H,3-12H2,1-2H3. The third-order valence-corrected chi connectivity index (χ3v) is 4.94. The minimum atomic E-state index is -0.284. The molecule has 0 saturated carbocycles. The number of likely N-dealkylation sites (tertiary alicyclic amines) is 2. The normalized spacial score (nSPS) is 24.9. The third kappa shape index (κ3) is 5.24. The van der Waals surface area contributed by atoms with E-state index in [1.54, 1.807) is 0 Å². The number of methoxy groups -OCH3 is 1. The van der Waals surface area contributed by atoms with E-state index in [1.165, 1.54) is 20.0 Å². The number of esters is 1. The van der Waals surface area contributed by atoms with Crippen LogP contribution >= 0.6 is 0 Å². The van der Waals surface area contributed by atoms with Crippen LogP contribution in [0.25, 0.3) is 0 Å². The van der Waals surface area contributed by atoms with Gasteiger partial charge in [-0.2, -0.15) is 0 Å². The molecule has 0 aromatic carbocycles. The Labute approximate surface area is 128 Å². The van der Waals surface area contributed by atoms with E-state index in [0.29, 0.717) is 0 Å². The second kappa shape index (κ2) is 8.11. The summed E-state index contributed by atoms with van der Waals surface area (Å²) >= 11 is 0. The predicted octanol–water partition coefficient (Wildman–Crippen LogP) is 0.964. The van der Waals surface area contributed by atoms with Crippen LogP contribution in [0, 0.1) is 11.8 Å². The number of ether oxygens (including phenoxy) is 1. The summed E-state index contributed by atoms with van der Waals surface area (Å²) in [5.74, 6) is 0.792. The Bertz CT molecular complexity index is 321. The lowest BCUT2D eigenvalue weighted by atomic mass is 9.96. The molecule has 2 aliphatic rings. The maximum Gasteiger partial charge on any atom is 0.308 e. The molecule has 122 valence electrons. The highest BCUT2D eigenvalue weighted by Crippen LogP contribution is 2.19. The first-order valence-electron chi connectivity index (χ1n) is 8.29. The van der Waals surface area contributed by atoms with Gasteiger partial charge in [0.25, 0.3) is 0 Å². The van der Waals surface area contributed by atoms with E-state index < -0.39 is 0 Å². The first-order valence-corrected chi connectivity index (χ1v) is 8.29. The van der Waals surface area contributed by atoms with Crippen LogP contribution in [0.4, 0.5) is 0 Å². The number of piperidine rings is 2. The molecule has 0 spiro atoms. The van der Waals surface area contributed by atoms with E-state index in [-0.39, 0.29) is 18.0 Å². The smallest absolute Gasteiger partial charge is 0.308 e. The van der Waals surface area contributed by atoms with Gasteiger partial charge in [-0.05, 0) is 57.8 Å². The summed E-state index contributed by atoms with van der Waals surface area (Å²) in [7, 11) is 1.46. The number of hydrogen-bond acceptors (Lipinski definition) is 5. The largest absolute Gasteiger partial charge is 0.469 e. The van der Waals surface area contributed by atoms with Crippen LogP contribution in [-0.2, 0) is 9.53 Å². The fraction of sp³-hybridized carbons (Fsp3) is 0.938. The molecule has 0 aromatic rings. The molecule has 1 unspecified atom stereocenters. The zero-order valence-corrected chi connectivity index (χ0v) is 13.5. The lowest BCUT2D eigenvalue weighted by molar-refractivity contribution is -0.147. The van der Waals surface area contributed by atoms with Gasteiger partial charge in [-0.15, -0.1) is 0 Å². The summed E-state index contributed by atoms with van der Waals surface area (Å²) in [6, 6.07) is 0. The lowest BCUT2D eigenvalue weighted by Gasteiger charge is -2.35. The molecule has 2 heterocycles. The molecule has 0 aromatic heterocycles. The lowest BCUT2D eigenvalue weighted by Crippen LogP contribution is -2.45. The van der Waals surface area contributed by atoms with Crippen molar-refractivity contribution >= 4 is 5.97 Å². The first-order chi connectivity index (χ1) is 10.1. The number of carbonyl (C=O) groups is 1. The summed E-state index contributed by atoms with van der Waals surface area (Å²) in [6.07, 6.45) is 3.91. The van der Waals surface area contributed by atoms with Gasteiger partial charge in [0.1, 0.15) is 0 Å². The molecular formula is C16H30N2O3. The van der Waals surface area contributed by atoms with E-state index in [1.807, 2.05) is 0 Å². The van der Waals surface area contributed by atoms with Crippen molar-refractivity contribution in [2.24, 2.45) is 11.8 Å². The highest BCUT2D eigenvalue weighted by Gasteiger charge is 2.27. The number of β-amino-alcohol motifs (C(OH)–C–C–N with tert-alkyl or cyclic N) is 1. The Kier molecular flexibility index (Phi) is 6.45. The van der Waals surface area contributed by atoms with Crippen molar-refractivity contribution in [3.8, 4) is 0 Å². The predicted molar refractivity (Wildman–Crippen MR) is 82.0 cm³/mol. The minimum absolute atomic E-state index is 0.0481. The maximum absolute atomic E-state index is 11.5. The van der Waals surface area contributed by atoms with Gasteiger partial charge in [-0.3, -0.25) is 4.79 Å². The van der Waals surface area contributed by atoms with E-state index in [2.05, 4.69) is 16.7 Å². The summed E-state index contributed by atoms with van der Waals surface area (Å²) in [4.78, 5) is 16.1. The zero-order chi connectivity index (χ0) is 15.2. The number of rotatable bonds is 5. The van der Waals surface area contributed by atoms with Crippen molar-refractivity contribution in [3.63, 3.8) is 0 Å². The molecule has 2 fully saturated rings. The minimum Gasteiger partial charge on any atom is -0.469 e.